The Labute approximate surface area is 139 Å². The van der Waals surface area contributed by atoms with E-state index in [-0.39, 0.29) is 11.3 Å². The van der Waals surface area contributed by atoms with Crippen LogP contribution in [0.2, 0.25) is 0 Å². The molecule has 2 rings (SSSR count). The molecule has 0 bridgehead atoms. The summed E-state index contributed by atoms with van der Waals surface area (Å²) in [4.78, 5) is 0. The Hall–Kier alpha value is -2.20. The smallest absolute Gasteiger partial charge is 0.429 e. The van der Waals surface area contributed by atoms with Crippen molar-refractivity contribution in [2.75, 3.05) is 12.4 Å². The molecule has 2 aromatic carbocycles. The normalized spacial score (nSPS) is 13.7. The predicted octanol–water partition coefficient (Wildman–Crippen LogP) is 4.85. The van der Waals surface area contributed by atoms with Crippen molar-refractivity contribution in [2.45, 2.75) is 11.7 Å². The van der Waals surface area contributed by atoms with Crippen LogP contribution in [0.25, 0.3) is 0 Å². The molecule has 0 spiro atoms. The summed E-state index contributed by atoms with van der Waals surface area (Å²) in [7, 11) is 1.46. The van der Waals surface area contributed by atoms with Crippen LogP contribution in [0.5, 0.6) is 5.75 Å². The molecule has 0 amide bonds. The first kappa shape index (κ1) is 17.2. The highest BCUT2D eigenvalue weighted by Gasteiger charge is 2.57. The molecular weight excluding hydrogens is 373 g/mol. The first-order valence-electron chi connectivity index (χ1n) is 6.48. The maximum atomic E-state index is 13.7. The number of ether oxygens (including phenoxy) is 1. The van der Waals surface area contributed by atoms with Crippen LogP contribution in [0.3, 0.4) is 0 Å². The number of hydrogen-bond donors (Lipinski definition) is 1. The molecule has 0 aliphatic heterocycles. The van der Waals surface area contributed by atoms with Crippen LogP contribution in [-0.2, 0) is 5.54 Å². The molecule has 23 heavy (non-hydrogen) atoms. The fourth-order valence-electron chi connectivity index (χ4n) is 2.05. The number of hydrogen-bond acceptors (Lipinski definition) is 3. The number of nitriles is 1. The summed E-state index contributed by atoms with van der Waals surface area (Å²) in [6, 6.07) is 12.7. The molecule has 2 aromatic rings. The Morgan fingerprint density at radius 1 is 1.04 bits per heavy atom. The van der Waals surface area contributed by atoms with E-state index in [1.165, 1.54) is 61.7 Å². The topological polar surface area (TPSA) is 45.0 Å². The number of halogens is 4. The lowest BCUT2D eigenvalue weighted by atomic mass is 9.90. The number of nitrogens with one attached hydrogen (secondary N) is 1. The van der Waals surface area contributed by atoms with Gasteiger partial charge in [-0.2, -0.15) is 18.4 Å². The Morgan fingerprint density at radius 2 is 1.61 bits per heavy atom. The number of nitrogens with zero attached hydrogens (tertiary/aromatic N) is 1. The number of rotatable bonds is 4. The third-order valence-corrected chi connectivity index (χ3v) is 3.82. The Kier molecular flexibility index (Phi) is 4.85. The van der Waals surface area contributed by atoms with Crippen LogP contribution in [-0.4, -0.2) is 13.3 Å². The van der Waals surface area contributed by atoms with Crippen LogP contribution >= 0.6 is 15.9 Å². The van der Waals surface area contributed by atoms with E-state index in [1.807, 2.05) is 0 Å². The molecule has 3 nitrogen and oxygen atoms in total. The summed E-state index contributed by atoms with van der Waals surface area (Å²) in [6.45, 7) is 0. The van der Waals surface area contributed by atoms with Crippen LogP contribution in [0.15, 0.2) is 53.0 Å². The highest BCUT2D eigenvalue weighted by molar-refractivity contribution is 9.10. The molecule has 0 heterocycles. The van der Waals surface area contributed by atoms with Crippen molar-refractivity contribution >= 4 is 21.6 Å². The zero-order valence-electron chi connectivity index (χ0n) is 12.0. The van der Waals surface area contributed by atoms with Crippen LogP contribution in [0.4, 0.5) is 18.9 Å². The van der Waals surface area contributed by atoms with Crippen LogP contribution in [0.1, 0.15) is 5.56 Å². The monoisotopic (exact) mass is 384 g/mol. The van der Waals surface area contributed by atoms with E-state index in [1.54, 1.807) is 0 Å². The minimum Gasteiger partial charge on any atom is -0.497 e. The van der Waals surface area contributed by atoms with Gasteiger partial charge in [0.05, 0.1) is 7.11 Å². The van der Waals surface area contributed by atoms with Gasteiger partial charge in [0.15, 0.2) is 0 Å². The van der Waals surface area contributed by atoms with E-state index in [4.69, 9.17) is 4.74 Å². The van der Waals surface area contributed by atoms with Gasteiger partial charge in [0.25, 0.3) is 0 Å². The lowest BCUT2D eigenvalue weighted by molar-refractivity contribution is -0.165. The van der Waals surface area contributed by atoms with Crippen LogP contribution in [0, 0.1) is 11.3 Å². The van der Waals surface area contributed by atoms with E-state index in [0.717, 1.165) is 0 Å². The van der Waals surface area contributed by atoms with Gasteiger partial charge < -0.3 is 10.1 Å². The highest BCUT2D eigenvalue weighted by Crippen LogP contribution is 2.41. The molecule has 0 unspecified atom stereocenters. The standard InChI is InChI=1S/C16H12BrF3N2O/c1-23-14-8-6-13(7-9-14)22-15(10-21,16(18,19)20)11-2-4-12(17)5-3-11/h2-9,22H,1H3/t15-/m1/s1. The SMILES string of the molecule is COc1ccc(N[C@](C#N)(c2ccc(Br)cc2)C(F)(F)F)cc1. The Bertz CT molecular complexity index is 708. The second kappa shape index (κ2) is 6.50. The molecule has 0 saturated carbocycles. The lowest BCUT2D eigenvalue weighted by Crippen LogP contribution is -2.47. The Morgan fingerprint density at radius 3 is 2.04 bits per heavy atom. The lowest BCUT2D eigenvalue weighted by Gasteiger charge is -2.31. The first-order chi connectivity index (χ1) is 10.8. The molecule has 0 aromatic heterocycles. The van der Waals surface area contributed by atoms with E-state index in [0.29, 0.717) is 10.2 Å². The summed E-state index contributed by atoms with van der Waals surface area (Å²) < 4.78 is 46.6. The minimum absolute atomic E-state index is 0.160. The average Bonchev–Trinajstić information content (AvgIpc) is 2.53. The second-order valence-electron chi connectivity index (χ2n) is 4.72. The fourth-order valence-corrected chi connectivity index (χ4v) is 2.32. The van der Waals surface area contributed by atoms with Gasteiger partial charge >= 0.3 is 6.18 Å². The number of alkyl halides is 3. The maximum absolute atomic E-state index is 13.7. The van der Waals surface area contributed by atoms with Gasteiger partial charge in [0.1, 0.15) is 11.8 Å². The van der Waals surface area contributed by atoms with Crippen molar-refractivity contribution in [1.82, 2.24) is 0 Å². The van der Waals surface area contributed by atoms with Crippen molar-refractivity contribution in [3.05, 3.63) is 58.6 Å². The van der Waals surface area contributed by atoms with Gasteiger partial charge in [-0.1, -0.05) is 28.1 Å². The molecule has 120 valence electrons. The van der Waals surface area contributed by atoms with Crippen molar-refractivity contribution in [3.8, 4) is 11.8 Å². The van der Waals surface area contributed by atoms with Crippen LogP contribution < -0.4 is 10.1 Å². The molecule has 0 fully saturated rings. The highest BCUT2D eigenvalue weighted by atomic mass is 79.9. The Balaban J connectivity index is 2.49. The van der Waals surface area contributed by atoms with Gasteiger partial charge in [0, 0.05) is 15.7 Å². The van der Waals surface area contributed by atoms with Gasteiger partial charge in [-0.3, -0.25) is 0 Å². The van der Waals surface area contributed by atoms with E-state index < -0.39 is 11.7 Å². The molecule has 0 aliphatic rings. The van der Waals surface area contributed by atoms with Crippen molar-refractivity contribution < 1.29 is 17.9 Å². The van der Waals surface area contributed by atoms with Gasteiger partial charge in [-0.25, -0.2) is 0 Å². The summed E-state index contributed by atoms with van der Waals surface area (Å²) in [5.41, 5.74) is -2.87. The van der Waals surface area contributed by atoms with E-state index in [2.05, 4.69) is 21.2 Å². The third-order valence-electron chi connectivity index (χ3n) is 3.29. The first-order valence-corrected chi connectivity index (χ1v) is 7.28. The van der Waals surface area contributed by atoms with E-state index in [9.17, 15) is 18.4 Å². The zero-order valence-corrected chi connectivity index (χ0v) is 13.6. The summed E-state index contributed by atoms with van der Waals surface area (Å²) in [5.74, 6) is 0.508. The summed E-state index contributed by atoms with van der Waals surface area (Å²) >= 11 is 3.17. The molecule has 7 heteroatoms. The molecule has 0 saturated heterocycles. The number of benzene rings is 2. The maximum Gasteiger partial charge on any atom is 0.429 e. The number of anilines is 1. The molecule has 1 N–H and O–H groups in total. The summed E-state index contributed by atoms with van der Waals surface area (Å²) in [6.07, 6.45) is -4.81. The van der Waals surface area contributed by atoms with Gasteiger partial charge in [-0.15, -0.1) is 0 Å². The van der Waals surface area contributed by atoms with E-state index >= 15 is 0 Å². The molecule has 0 radical (unpaired) electrons. The number of methoxy groups -OCH3 is 1. The van der Waals surface area contributed by atoms with Crippen molar-refractivity contribution in [1.29, 1.82) is 5.26 Å². The van der Waals surface area contributed by atoms with Gasteiger partial charge in [0.2, 0.25) is 5.54 Å². The third kappa shape index (κ3) is 3.42. The van der Waals surface area contributed by atoms with Crippen molar-refractivity contribution in [2.24, 2.45) is 0 Å². The fraction of sp³-hybridized carbons (Fsp3) is 0.188. The quantitative estimate of drug-likeness (QED) is 0.819. The largest absolute Gasteiger partial charge is 0.497 e. The zero-order chi connectivity index (χ0) is 17.1. The van der Waals surface area contributed by atoms with Gasteiger partial charge in [-0.05, 0) is 36.4 Å². The molecule has 0 aliphatic carbocycles. The molecular formula is C16H12BrF3N2O. The second-order valence-corrected chi connectivity index (χ2v) is 5.64. The summed E-state index contributed by atoms with van der Waals surface area (Å²) in [5, 5.41) is 11.6. The molecule has 1 atom stereocenters. The average molecular weight is 385 g/mol. The van der Waals surface area contributed by atoms with Crippen molar-refractivity contribution in [3.63, 3.8) is 0 Å². The predicted molar refractivity (Wildman–Crippen MR) is 84.1 cm³/mol. The minimum atomic E-state index is -4.81.